The molecule has 0 radical (unpaired) electrons. The van der Waals surface area contributed by atoms with E-state index in [2.05, 4.69) is 20.9 Å². The molecule has 0 saturated heterocycles. The molecule has 2 aromatic rings. The monoisotopic (exact) mass is 306 g/mol. The number of rotatable bonds is 5. The summed E-state index contributed by atoms with van der Waals surface area (Å²) >= 11 is 3.50. The zero-order chi connectivity index (χ0) is 12.8. The van der Waals surface area contributed by atoms with E-state index in [1.165, 1.54) is 0 Å². The predicted molar refractivity (Wildman–Crippen MR) is 75.0 cm³/mol. The third-order valence-corrected chi connectivity index (χ3v) is 3.40. The number of hydrogen-bond acceptors (Lipinski definition) is 3. The van der Waals surface area contributed by atoms with Gasteiger partial charge in [-0.3, -0.25) is 4.98 Å². The molecule has 4 heteroatoms. The average molecular weight is 307 g/mol. The molecule has 1 atom stereocenters. The highest BCUT2D eigenvalue weighted by molar-refractivity contribution is 9.10. The quantitative estimate of drug-likeness (QED) is 0.923. The van der Waals surface area contributed by atoms with E-state index in [9.17, 15) is 0 Å². The highest BCUT2D eigenvalue weighted by atomic mass is 79.9. The number of nitrogens with zero attached hydrogens (tertiary/aromatic N) is 1. The standard InChI is InChI=1S/C14H15BrN2O/c15-12-6-2-1-5-11(12)10-18-14(9-16)13-7-3-4-8-17-13/h1-8,14H,9-10,16H2. The zero-order valence-corrected chi connectivity index (χ0v) is 11.5. The summed E-state index contributed by atoms with van der Waals surface area (Å²) in [5.74, 6) is 0. The van der Waals surface area contributed by atoms with Crippen molar-refractivity contribution in [3.63, 3.8) is 0 Å². The maximum Gasteiger partial charge on any atom is 0.112 e. The van der Waals surface area contributed by atoms with Crippen molar-refractivity contribution < 1.29 is 4.74 Å². The summed E-state index contributed by atoms with van der Waals surface area (Å²) in [6.45, 7) is 0.932. The average Bonchev–Trinajstić information content (AvgIpc) is 2.42. The van der Waals surface area contributed by atoms with E-state index in [-0.39, 0.29) is 6.10 Å². The van der Waals surface area contributed by atoms with Gasteiger partial charge in [0.2, 0.25) is 0 Å². The SMILES string of the molecule is NCC(OCc1ccccc1Br)c1ccccn1. The third-order valence-electron chi connectivity index (χ3n) is 2.63. The second-order valence-corrected chi connectivity index (χ2v) is 4.74. The molecular weight excluding hydrogens is 292 g/mol. The first-order chi connectivity index (χ1) is 8.81. The molecule has 1 heterocycles. The van der Waals surface area contributed by atoms with E-state index in [4.69, 9.17) is 10.5 Å². The van der Waals surface area contributed by atoms with Crippen LogP contribution in [0.5, 0.6) is 0 Å². The molecule has 1 aromatic carbocycles. The van der Waals surface area contributed by atoms with Crippen molar-refractivity contribution in [3.05, 3.63) is 64.4 Å². The molecule has 0 amide bonds. The fraction of sp³-hybridized carbons (Fsp3) is 0.214. The second-order valence-electron chi connectivity index (χ2n) is 3.88. The molecule has 0 spiro atoms. The molecule has 0 aliphatic heterocycles. The fourth-order valence-corrected chi connectivity index (χ4v) is 2.05. The van der Waals surface area contributed by atoms with Crippen LogP contribution >= 0.6 is 15.9 Å². The van der Waals surface area contributed by atoms with Gasteiger partial charge in [-0.15, -0.1) is 0 Å². The van der Waals surface area contributed by atoms with Crippen LogP contribution < -0.4 is 5.73 Å². The van der Waals surface area contributed by atoms with Crippen LogP contribution in [0.3, 0.4) is 0 Å². The first-order valence-electron chi connectivity index (χ1n) is 5.77. The number of ether oxygens (including phenoxy) is 1. The van der Waals surface area contributed by atoms with Crippen LogP contribution in [0, 0.1) is 0 Å². The molecule has 0 aliphatic carbocycles. The van der Waals surface area contributed by atoms with Crippen molar-refractivity contribution >= 4 is 15.9 Å². The summed E-state index contributed by atoms with van der Waals surface area (Å²) in [5, 5.41) is 0. The Kier molecular flexibility index (Phi) is 4.87. The van der Waals surface area contributed by atoms with Crippen LogP contribution in [-0.2, 0) is 11.3 Å². The van der Waals surface area contributed by atoms with E-state index in [0.717, 1.165) is 15.7 Å². The van der Waals surface area contributed by atoms with Gasteiger partial charge in [0.05, 0.1) is 12.3 Å². The third kappa shape index (κ3) is 3.38. The van der Waals surface area contributed by atoms with Crippen LogP contribution in [0.4, 0.5) is 0 Å². The molecule has 2 N–H and O–H groups in total. The lowest BCUT2D eigenvalue weighted by Crippen LogP contribution is -2.17. The number of hydrogen-bond donors (Lipinski definition) is 1. The largest absolute Gasteiger partial charge is 0.366 e. The zero-order valence-electron chi connectivity index (χ0n) is 9.92. The van der Waals surface area contributed by atoms with Crippen LogP contribution in [-0.4, -0.2) is 11.5 Å². The minimum Gasteiger partial charge on any atom is -0.366 e. The van der Waals surface area contributed by atoms with Gasteiger partial charge in [0.15, 0.2) is 0 Å². The topological polar surface area (TPSA) is 48.1 Å². The minimum absolute atomic E-state index is 0.168. The van der Waals surface area contributed by atoms with Gasteiger partial charge >= 0.3 is 0 Å². The lowest BCUT2D eigenvalue weighted by Gasteiger charge is -2.16. The van der Waals surface area contributed by atoms with Gasteiger partial charge < -0.3 is 10.5 Å². The Balaban J connectivity index is 2.02. The van der Waals surface area contributed by atoms with E-state index < -0.39 is 0 Å². The van der Waals surface area contributed by atoms with Crippen LogP contribution in [0.15, 0.2) is 53.1 Å². The highest BCUT2D eigenvalue weighted by Gasteiger charge is 2.11. The van der Waals surface area contributed by atoms with Gasteiger partial charge in [0, 0.05) is 17.2 Å². The van der Waals surface area contributed by atoms with Crippen molar-refractivity contribution in [2.75, 3.05) is 6.54 Å². The molecule has 0 saturated carbocycles. The van der Waals surface area contributed by atoms with Crippen molar-refractivity contribution in [1.29, 1.82) is 0 Å². The molecule has 0 bridgehead atoms. The van der Waals surface area contributed by atoms with Crippen molar-refractivity contribution in [2.45, 2.75) is 12.7 Å². The number of halogens is 1. The lowest BCUT2D eigenvalue weighted by molar-refractivity contribution is 0.0425. The molecule has 0 aliphatic rings. The molecule has 18 heavy (non-hydrogen) atoms. The Labute approximate surface area is 115 Å². The maximum absolute atomic E-state index is 5.83. The van der Waals surface area contributed by atoms with E-state index in [0.29, 0.717) is 13.2 Å². The Morgan fingerprint density at radius 1 is 1.17 bits per heavy atom. The number of aromatic nitrogens is 1. The minimum atomic E-state index is -0.168. The maximum atomic E-state index is 5.83. The summed E-state index contributed by atoms with van der Waals surface area (Å²) in [6, 6.07) is 13.7. The van der Waals surface area contributed by atoms with Crippen LogP contribution in [0.25, 0.3) is 0 Å². The molecule has 2 rings (SSSR count). The molecule has 1 aromatic heterocycles. The Bertz CT molecular complexity index is 490. The van der Waals surface area contributed by atoms with Crippen molar-refractivity contribution in [1.82, 2.24) is 4.98 Å². The molecule has 94 valence electrons. The van der Waals surface area contributed by atoms with Gasteiger partial charge in [0.1, 0.15) is 6.10 Å². The van der Waals surface area contributed by atoms with E-state index in [1.54, 1.807) is 6.20 Å². The Morgan fingerprint density at radius 2 is 1.94 bits per heavy atom. The van der Waals surface area contributed by atoms with Crippen molar-refractivity contribution in [3.8, 4) is 0 Å². The van der Waals surface area contributed by atoms with Gasteiger partial charge in [-0.1, -0.05) is 40.2 Å². The molecule has 0 fully saturated rings. The number of pyridine rings is 1. The summed E-state index contributed by atoms with van der Waals surface area (Å²) in [4.78, 5) is 4.27. The van der Waals surface area contributed by atoms with E-state index in [1.807, 2.05) is 42.5 Å². The van der Waals surface area contributed by atoms with Crippen molar-refractivity contribution in [2.24, 2.45) is 5.73 Å². The smallest absolute Gasteiger partial charge is 0.112 e. The normalized spacial score (nSPS) is 12.3. The summed E-state index contributed by atoms with van der Waals surface area (Å²) in [7, 11) is 0. The Hall–Kier alpha value is -1.23. The predicted octanol–water partition coefficient (Wildman–Crippen LogP) is 3.06. The summed E-state index contributed by atoms with van der Waals surface area (Å²) in [5.41, 5.74) is 7.70. The fourth-order valence-electron chi connectivity index (χ4n) is 1.65. The first-order valence-corrected chi connectivity index (χ1v) is 6.56. The molecule has 1 unspecified atom stereocenters. The van der Waals surface area contributed by atoms with Gasteiger partial charge in [-0.05, 0) is 23.8 Å². The summed E-state index contributed by atoms with van der Waals surface area (Å²) < 4.78 is 6.87. The highest BCUT2D eigenvalue weighted by Crippen LogP contribution is 2.20. The Morgan fingerprint density at radius 3 is 2.61 bits per heavy atom. The van der Waals surface area contributed by atoms with Gasteiger partial charge in [0.25, 0.3) is 0 Å². The van der Waals surface area contributed by atoms with Gasteiger partial charge in [-0.2, -0.15) is 0 Å². The summed E-state index contributed by atoms with van der Waals surface area (Å²) in [6.07, 6.45) is 1.58. The van der Waals surface area contributed by atoms with Crippen LogP contribution in [0.1, 0.15) is 17.4 Å². The first kappa shape index (κ1) is 13.2. The second kappa shape index (κ2) is 6.64. The number of nitrogens with two attached hydrogens (primary N) is 1. The van der Waals surface area contributed by atoms with Crippen LogP contribution in [0.2, 0.25) is 0 Å². The molecule has 3 nitrogen and oxygen atoms in total. The van der Waals surface area contributed by atoms with E-state index >= 15 is 0 Å². The lowest BCUT2D eigenvalue weighted by atomic mass is 10.2. The number of benzene rings is 1. The molecular formula is C14H15BrN2O. The van der Waals surface area contributed by atoms with Gasteiger partial charge in [-0.25, -0.2) is 0 Å².